The Hall–Kier alpha value is -1.98. The molecule has 0 unspecified atom stereocenters. The Bertz CT molecular complexity index is 472. The van der Waals surface area contributed by atoms with E-state index in [4.69, 9.17) is 5.11 Å². The number of aryl methyl sites for hydroxylation is 1. The monoisotopic (exact) mass is 272 g/mol. The van der Waals surface area contributed by atoms with Crippen LogP contribution in [0.25, 0.3) is 0 Å². The van der Waals surface area contributed by atoms with Gasteiger partial charge in [-0.05, 0) is 17.5 Å². The van der Waals surface area contributed by atoms with Crippen molar-refractivity contribution in [3.8, 4) is 0 Å². The van der Waals surface area contributed by atoms with Crippen LogP contribution in [0.15, 0.2) is 18.2 Å². The molecule has 0 fully saturated rings. The Balaban J connectivity index is 3.02. The highest BCUT2D eigenvalue weighted by molar-refractivity contribution is 5.71. The van der Waals surface area contributed by atoms with Gasteiger partial charge < -0.3 is 9.84 Å². The Morgan fingerprint density at radius 2 is 1.95 bits per heavy atom. The predicted octanol–water partition coefficient (Wildman–Crippen LogP) is 2.36. The molecule has 0 aliphatic carbocycles. The molecule has 0 aliphatic rings. The van der Waals surface area contributed by atoms with Gasteiger partial charge in [-0.3, -0.25) is 9.59 Å². The minimum atomic E-state index is -2.77. The van der Waals surface area contributed by atoms with Crippen LogP contribution in [0.1, 0.15) is 29.5 Å². The van der Waals surface area contributed by atoms with Gasteiger partial charge in [-0.25, -0.2) is 8.78 Å². The molecule has 4 nitrogen and oxygen atoms in total. The lowest BCUT2D eigenvalue weighted by Crippen LogP contribution is -2.08. The zero-order chi connectivity index (χ0) is 14.4. The number of aliphatic carboxylic acids is 1. The van der Waals surface area contributed by atoms with Crippen molar-refractivity contribution in [2.24, 2.45) is 0 Å². The van der Waals surface area contributed by atoms with Crippen LogP contribution in [-0.2, 0) is 27.2 Å². The van der Waals surface area contributed by atoms with E-state index >= 15 is 0 Å². The number of hydrogen-bond donors (Lipinski definition) is 1. The SMILES string of the molecule is COC(=O)CCc1cccc(CC(=O)O)c1C(F)F. The lowest BCUT2D eigenvalue weighted by Gasteiger charge is -2.12. The number of alkyl halides is 2. The smallest absolute Gasteiger partial charge is 0.307 e. The molecule has 0 atom stereocenters. The number of carbonyl (C=O) groups is 2. The topological polar surface area (TPSA) is 63.6 Å². The van der Waals surface area contributed by atoms with E-state index in [1.807, 2.05) is 0 Å². The fourth-order valence-corrected chi connectivity index (χ4v) is 1.82. The van der Waals surface area contributed by atoms with Crippen LogP contribution in [0.5, 0.6) is 0 Å². The van der Waals surface area contributed by atoms with Gasteiger partial charge in [-0.1, -0.05) is 18.2 Å². The molecule has 0 saturated carbocycles. The van der Waals surface area contributed by atoms with Crippen molar-refractivity contribution >= 4 is 11.9 Å². The summed E-state index contributed by atoms with van der Waals surface area (Å²) < 4.78 is 30.5. The van der Waals surface area contributed by atoms with Gasteiger partial charge in [0, 0.05) is 12.0 Å². The molecule has 0 spiro atoms. The maximum atomic E-state index is 13.0. The fourth-order valence-electron chi connectivity index (χ4n) is 1.82. The van der Waals surface area contributed by atoms with Crippen LogP contribution in [0, 0.1) is 0 Å². The van der Waals surface area contributed by atoms with Crippen molar-refractivity contribution in [2.45, 2.75) is 25.7 Å². The molecule has 0 aromatic heterocycles. The summed E-state index contributed by atoms with van der Waals surface area (Å²) >= 11 is 0. The summed E-state index contributed by atoms with van der Waals surface area (Å²) in [6.07, 6.45) is -3.17. The third-order valence-corrected chi connectivity index (χ3v) is 2.67. The number of esters is 1. The first-order valence-electron chi connectivity index (χ1n) is 5.63. The Morgan fingerprint density at radius 3 is 2.47 bits per heavy atom. The zero-order valence-corrected chi connectivity index (χ0v) is 10.4. The average molecular weight is 272 g/mol. The molecule has 0 radical (unpaired) electrons. The number of carbonyl (C=O) groups excluding carboxylic acids is 1. The lowest BCUT2D eigenvalue weighted by atomic mass is 9.96. The van der Waals surface area contributed by atoms with Crippen LogP contribution in [0.4, 0.5) is 8.78 Å². The van der Waals surface area contributed by atoms with E-state index in [0.717, 1.165) is 0 Å². The first-order chi connectivity index (χ1) is 8.95. The summed E-state index contributed by atoms with van der Waals surface area (Å²) in [4.78, 5) is 21.7. The summed E-state index contributed by atoms with van der Waals surface area (Å²) in [6, 6.07) is 4.34. The van der Waals surface area contributed by atoms with Gasteiger partial charge in [-0.15, -0.1) is 0 Å². The predicted molar refractivity (Wildman–Crippen MR) is 63.1 cm³/mol. The lowest BCUT2D eigenvalue weighted by molar-refractivity contribution is -0.140. The van der Waals surface area contributed by atoms with Crippen molar-refractivity contribution < 1.29 is 28.2 Å². The average Bonchev–Trinajstić information content (AvgIpc) is 2.34. The molecule has 0 saturated heterocycles. The van der Waals surface area contributed by atoms with Gasteiger partial charge in [0.2, 0.25) is 0 Å². The molecule has 1 N–H and O–H groups in total. The number of carboxylic acid groups (broad SMARTS) is 1. The van der Waals surface area contributed by atoms with E-state index in [1.165, 1.54) is 25.3 Å². The number of carboxylic acids is 1. The standard InChI is InChI=1S/C13H14F2O4/c1-19-11(18)6-5-8-3-2-4-9(7-10(16)17)12(8)13(14)15/h2-4,13H,5-7H2,1H3,(H,16,17). The third-order valence-electron chi connectivity index (χ3n) is 2.67. The van der Waals surface area contributed by atoms with Crippen LogP contribution in [0.3, 0.4) is 0 Å². The molecule has 1 aromatic carbocycles. The minimum absolute atomic E-state index is 0.0211. The molecule has 104 valence electrons. The first-order valence-corrected chi connectivity index (χ1v) is 5.63. The molecule has 0 bridgehead atoms. The van der Waals surface area contributed by atoms with Crippen LogP contribution >= 0.6 is 0 Å². The molecule has 1 aromatic rings. The second kappa shape index (κ2) is 6.82. The van der Waals surface area contributed by atoms with Crippen molar-refractivity contribution in [1.82, 2.24) is 0 Å². The van der Waals surface area contributed by atoms with E-state index in [1.54, 1.807) is 0 Å². The number of hydrogen-bond acceptors (Lipinski definition) is 3. The zero-order valence-electron chi connectivity index (χ0n) is 10.4. The minimum Gasteiger partial charge on any atom is -0.481 e. The molecule has 1 rings (SSSR count). The number of benzene rings is 1. The van der Waals surface area contributed by atoms with Crippen LogP contribution in [0.2, 0.25) is 0 Å². The molecule has 0 heterocycles. The molecule has 0 amide bonds. The normalized spacial score (nSPS) is 10.5. The van der Waals surface area contributed by atoms with E-state index in [-0.39, 0.29) is 29.5 Å². The highest BCUT2D eigenvalue weighted by atomic mass is 19.3. The van der Waals surface area contributed by atoms with Gasteiger partial charge in [0.05, 0.1) is 13.5 Å². The molecule has 0 aliphatic heterocycles. The molecule has 6 heteroatoms. The van der Waals surface area contributed by atoms with Gasteiger partial charge >= 0.3 is 11.9 Å². The molecular weight excluding hydrogens is 258 g/mol. The second-order valence-electron chi connectivity index (χ2n) is 3.94. The third kappa shape index (κ3) is 4.31. The van der Waals surface area contributed by atoms with E-state index in [2.05, 4.69) is 4.74 Å². The number of ether oxygens (including phenoxy) is 1. The Kier molecular flexibility index (Phi) is 5.41. The molecular formula is C13H14F2O4. The number of rotatable bonds is 6. The summed E-state index contributed by atoms with van der Waals surface area (Å²) in [5.41, 5.74) is 0.0535. The first kappa shape index (κ1) is 15.1. The Morgan fingerprint density at radius 1 is 1.32 bits per heavy atom. The van der Waals surface area contributed by atoms with Gasteiger partial charge in [0.1, 0.15) is 0 Å². The quantitative estimate of drug-likeness (QED) is 0.807. The van der Waals surface area contributed by atoms with Gasteiger partial charge in [0.25, 0.3) is 6.43 Å². The maximum Gasteiger partial charge on any atom is 0.307 e. The number of methoxy groups -OCH3 is 1. The summed E-state index contributed by atoms with van der Waals surface area (Å²) in [5, 5.41) is 8.70. The van der Waals surface area contributed by atoms with Gasteiger partial charge in [0.15, 0.2) is 0 Å². The maximum absolute atomic E-state index is 13.0. The fraction of sp³-hybridized carbons (Fsp3) is 0.385. The van der Waals surface area contributed by atoms with Gasteiger partial charge in [-0.2, -0.15) is 0 Å². The van der Waals surface area contributed by atoms with E-state index < -0.39 is 24.8 Å². The highest BCUT2D eigenvalue weighted by Crippen LogP contribution is 2.28. The summed E-state index contributed by atoms with van der Waals surface area (Å²) in [6.45, 7) is 0. The second-order valence-corrected chi connectivity index (χ2v) is 3.94. The summed E-state index contributed by atoms with van der Waals surface area (Å²) in [7, 11) is 1.22. The van der Waals surface area contributed by atoms with Crippen LogP contribution < -0.4 is 0 Å². The summed E-state index contributed by atoms with van der Waals surface area (Å²) in [5.74, 6) is -1.67. The molecule has 19 heavy (non-hydrogen) atoms. The van der Waals surface area contributed by atoms with E-state index in [0.29, 0.717) is 0 Å². The largest absolute Gasteiger partial charge is 0.481 e. The van der Waals surface area contributed by atoms with E-state index in [9.17, 15) is 18.4 Å². The number of halogens is 2. The van der Waals surface area contributed by atoms with Crippen molar-refractivity contribution in [2.75, 3.05) is 7.11 Å². The Labute approximate surface area is 109 Å². The van der Waals surface area contributed by atoms with Crippen molar-refractivity contribution in [3.05, 3.63) is 34.9 Å². The van der Waals surface area contributed by atoms with Crippen LogP contribution in [-0.4, -0.2) is 24.2 Å². The van der Waals surface area contributed by atoms with Crippen molar-refractivity contribution in [1.29, 1.82) is 0 Å². The van der Waals surface area contributed by atoms with Crippen molar-refractivity contribution in [3.63, 3.8) is 0 Å². The highest BCUT2D eigenvalue weighted by Gasteiger charge is 2.19.